The highest BCUT2D eigenvalue weighted by molar-refractivity contribution is 7.89. The number of nitrogens with two attached hydrogens (primary N) is 1. The van der Waals surface area contributed by atoms with E-state index in [4.69, 9.17) is 15.5 Å². The quantitative estimate of drug-likeness (QED) is 0.537. The number of carbonyl (C=O) groups is 1. The smallest absolute Gasteiger partial charge is 0.283 e. The number of rotatable bonds is 8. The van der Waals surface area contributed by atoms with Gasteiger partial charge >= 0.3 is 0 Å². The molecule has 10 heteroatoms. The number of ether oxygens (including phenoxy) is 1. The molecular formula is C23H31N5O4S. The molecule has 1 amide bonds. The summed E-state index contributed by atoms with van der Waals surface area (Å²) in [5.41, 5.74) is 7.06. The fourth-order valence-electron chi connectivity index (χ4n) is 4.19. The Morgan fingerprint density at radius 3 is 2.67 bits per heavy atom. The summed E-state index contributed by atoms with van der Waals surface area (Å²) >= 11 is 0. The van der Waals surface area contributed by atoms with E-state index in [1.54, 1.807) is 12.1 Å². The molecule has 0 aliphatic carbocycles. The van der Waals surface area contributed by atoms with Crippen molar-refractivity contribution in [3.8, 4) is 0 Å². The third-order valence-corrected chi connectivity index (χ3v) is 8.07. The summed E-state index contributed by atoms with van der Waals surface area (Å²) in [4.78, 5) is 16.2. The van der Waals surface area contributed by atoms with Gasteiger partial charge in [-0.25, -0.2) is 4.98 Å². The summed E-state index contributed by atoms with van der Waals surface area (Å²) in [7, 11) is -3.93. The maximum Gasteiger partial charge on any atom is 0.283 e. The molecule has 2 aromatic heterocycles. The lowest BCUT2D eigenvalue weighted by Gasteiger charge is -2.28. The summed E-state index contributed by atoms with van der Waals surface area (Å²) in [5, 5.41) is 3.93. The molecule has 1 aliphatic rings. The summed E-state index contributed by atoms with van der Waals surface area (Å²) in [6, 6.07) is 5.03. The van der Waals surface area contributed by atoms with E-state index in [-0.39, 0.29) is 16.7 Å². The maximum atomic E-state index is 13.2. The number of primary amides is 1. The topological polar surface area (TPSA) is 122 Å². The van der Waals surface area contributed by atoms with Crippen molar-refractivity contribution < 1.29 is 17.9 Å². The second-order valence-electron chi connectivity index (χ2n) is 9.36. The molecule has 1 aliphatic heterocycles. The lowest BCUT2D eigenvalue weighted by molar-refractivity contribution is -0.117. The molecule has 0 unspecified atom stereocenters. The number of amides is 1. The van der Waals surface area contributed by atoms with Gasteiger partial charge in [-0.3, -0.25) is 4.79 Å². The first-order chi connectivity index (χ1) is 15.6. The molecule has 0 spiro atoms. The Labute approximate surface area is 194 Å². The van der Waals surface area contributed by atoms with Gasteiger partial charge in [-0.2, -0.15) is 17.6 Å². The lowest BCUT2D eigenvalue weighted by atomic mass is 9.89. The van der Waals surface area contributed by atoms with Gasteiger partial charge in [0.05, 0.1) is 28.5 Å². The zero-order valence-corrected chi connectivity index (χ0v) is 20.1. The Hall–Kier alpha value is -2.72. The van der Waals surface area contributed by atoms with Gasteiger partial charge in [0, 0.05) is 36.9 Å². The van der Waals surface area contributed by atoms with Crippen molar-refractivity contribution in [2.45, 2.75) is 63.3 Å². The second kappa shape index (κ2) is 8.90. The number of nitrogens with zero attached hydrogens (tertiary/aromatic N) is 4. The Kier molecular flexibility index (Phi) is 6.32. The highest BCUT2D eigenvalue weighted by atomic mass is 32.2. The van der Waals surface area contributed by atoms with E-state index < -0.39 is 15.9 Å². The Morgan fingerprint density at radius 1 is 1.27 bits per heavy atom. The van der Waals surface area contributed by atoms with Crippen LogP contribution in [0.25, 0.3) is 11.0 Å². The lowest BCUT2D eigenvalue weighted by Crippen LogP contribution is -2.26. The molecule has 3 aromatic rings. The average molecular weight is 474 g/mol. The first kappa shape index (κ1) is 23.4. The highest BCUT2D eigenvalue weighted by Gasteiger charge is 2.29. The van der Waals surface area contributed by atoms with Crippen LogP contribution in [0.15, 0.2) is 35.5 Å². The Morgan fingerprint density at radius 2 is 2.00 bits per heavy atom. The fourth-order valence-corrected chi connectivity index (χ4v) is 5.35. The van der Waals surface area contributed by atoms with Crippen molar-refractivity contribution in [1.82, 2.24) is 18.7 Å². The van der Waals surface area contributed by atoms with Crippen LogP contribution in [0, 0.1) is 5.92 Å². The van der Waals surface area contributed by atoms with Crippen LogP contribution < -0.4 is 5.73 Å². The molecule has 4 rings (SSSR count). The van der Waals surface area contributed by atoms with Crippen molar-refractivity contribution in [3.05, 3.63) is 42.0 Å². The van der Waals surface area contributed by atoms with Crippen molar-refractivity contribution in [1.29, 1.82) is 0 Å². The molecule has 9 nitrogen and oxygen atoms in total. The molecule has 0 saturated carbocycles. The number of carbonyl (C=O) groups excluding carboxylic acids is 1. The van der Waals surface area contributed by atoms with E-state index in [9.17, 15) is 13.2 Å². The first-order valence-corrected chi connectivity index (χ1v) is 12.7. The number of hydrogen-bond acceptors (Lipinski definition) is 6. The van der Waals surface area contributed by atoms with Crippen LogP contribution in [-0.4, -0.2) is 46.3 Å². The zero-order chi connectivity index (χ0) is 23.8. The molecule has 0 atom stereocenters. The van der Waals surface area contributed by atoms with Crippen LogP contribution in [0.2, 0.25) is 0 Å². The van der Waals surface area contributed by atoms with E-state index in [0.29, 0.717) is 17.0 Å². The molecule has 1 fully saturated rings. The van der Waals surface area contributed by atoms with E-state index >= 15 is 0 Å². The molecule has 1 saturated heterocycles. The van der Waals surface area contributed by atoms with Crippen LogP contribution in [-0.2, 0) is 37.9 Å². The minimum atomic E-state index is -3.93. The zero-order valence-electron chi connectivity index (χ0n) is 19.3. The van der Waals surface area contributed by atoms with E-state index in [1.165, 1.54) is 12.4 Å². The van der Waals surface area contributed by atoms with Gasteiger partial charge in [0.15, 0.2) is 0 Å². The molecular weight excluding hydrogens is 442 g/mol. The highest BCUT2D eigenvalue weighted by Crippen LogP contribution is 2.32. The second-order valence-corrected chi connectivity index (χ2v) is 11.2. The monoisotopic (exact) mass is 473 g/mol. The van der Waals surface area contributed by atoms with Crippen LogP contribution in [0.4, 0.5) is 0 Å². The van der Waals surface area contributed by atoms with E-state index in [1.807, 2.05) is 6.07 Å². The van der Waals surface area contributed by atoms with Gasteiger partial charge in [-0.15, -0.1) is 0 Å². The van der Waals surface area contributed by atoms with Crippen LogP contribution in [0.1, 0.15) is 51.4 Å². The Balaban J connectivity index is 1.75. The SMILES string of the molecule is CCC(C)(C)c1nc2cc(S(=O)(=O)n3cc(CC(N)=O)cn3)ccc2n1CC1CCOCC1. The first-order valence-electron chi connectivity index (χ1n) is 11.3. The summed E-state index contributed by atoms with van der Waals surface area (Å²) in [6.07, 6.45) is 5.51. The van der Waals surface area contributed by atoms with Crippen molar-refractivity contribution >= 4 is 27.0 Å². The molecule has 2 N–H and O–H groups in total. The molecule has 0 bridgehead atoms. The summed E-state index contributed by atoms with van der Waals surface area (Å²) in [5.74, 6) is 0.914. The van der Waals surface area contributed by atoms with Gasteiger partial charge in [0.2, 0.25) is 5.91 Å². The molecule has 1 aromatic carbocycles. The van der Waals surface area contributed by atoms with Crippen molar-refractivity contribution in [2.24, 2.45) is 11.7 Å². The number of aromatic nitrogens is 4. The van der Waals surface area contributed by atoms with E-state index in [2.05, 4.69) is 30.4 Å². The minimum absolute atomic E-state index is 0.0688. The van der Waals surface area contributed by atoms with Crippen LogP contribution >= 0.6 is 0 Å². The number of hydrogen-bond donors (Lipinski definition) is 1. The third kappa shape index (κ3) is 4.67. The number of fused-ring (bicyclic) bond motifs is 1. The standard InChI is InChI=1S/C23H31N5O4S/c1-4-23(2,3)22-26-19-12-18(33(30,31)28-15-17(13-25-28)11-21(24)29)5-6-20(19)27(22)14-16-7-9-32-10-8-16/h5-6,12-13,15-16H,4,7-11,14H2,1-3H3,(H2,24,29). The fraction of sp³-hybridized carbons (Fsp3) is 0.522. The van der Waals surface area contributed by atoms with Gasteiger partial charge in [0.1, 0.15) is 5.82 Å². The van der Waals surface area contributed by atoms with Crippen molar-refractivity contribution in [3.63, 3.8) is 0 Å². The largest absolute Gasteiger partial charge is 0.381 e. The molecule has 0 radical (unpaired) electrons. The maximum absolute atomic E-state index is 13.2. The predicted octanol–water partition coefficient (Wildman–Crippen LogP) is 2.61. The predicted molar refractivity (Wildman–Crippen MR) is 124 cm³/mol. The van der Waals surface area contributed by atoms with E-state index in [0.717, 1.165) is 54.4 Å². The third-order valence-electron chi connectivity index (χ3n) is 6.53. The van der Waals surface area contributed by atoms with Gasteiger partial charge in [0.25, 0.3) is 10.0 Å². The van der Waals surface area contributed by atoms with Gasteiger partial charge in [-0.1, -0.05) is 20.8 Å². The number of benzene rings is 1. The average Bonchev–Trinajstić information content (AvgIpc) is 3.39. The number of imidazole rings is 1. The normalized spacial score (nSPS) is 15.8. The summed E-state index contributed by atoms with van der Waals surface area (Å²) in [6.45, 7) is 8.84. The van der Waals surface area contributed by atoms with Crippen molar-refractivity contribution in [2.75, 3.05) is 13.2 Å². The van der Waals surface area contributed by atoms with Gasteiger partial charge in [-0.05, 0) is 43.4 Å². The van der Waals surface area contributed by atoms with Crippen LogP contribution in [0.5, 0.6) is 0 Å². The van der Waals surface area contributed by atoms with Gasteiger partial charge < -0.3 is 15.0 Å². The summed E-state index contributed by atoms with van der Waals surface area (Å²) < 4.78 is 35.0. The molecule has 33 heavy (non-hydrogen) atoms. The molecule has 178 valence electrons. The molecule has 3 heterocycles. The minimum Gasteiger partial charge on any atom is -0.381 e. The Bertz CT molecular complexity index is 1270. The van der Waals surface area contributed by atoms with Crippen LogP contribution in [0.3, 0.4) is 0 Å².